The number of aryl methyl sites for hydroxylation is 1. The van der Waals surface area contributed by atoms with E-state index in [-0.39, 0.29) is 0 Å². The molecule has 0 aromatic carbocycles. The van der Waals surface area contributed by atoms with Gasteiger partial charge in [0.05, 0.1) is 0 Å². The highest BCUT2D eigenvalue weighted by Crippen LogP contribution is 2.14. The highest BCUT2D eigenvalue weighted by Gasteiger charge is 2.07. The van der Waals surface area contributed by atoms with Gasteiger partial charge in [0, 0.05) is 31.1 Å². The zero-order valence-corrected chi connectivity index (χ0v) is 11.9. The maximum absolute atomic E-state index is 4.55. The SMILES string of the molecule is CCCc1nccn1-c1ccc(C(C)NCC)cn1. The number of nitrogens with one attached hydrogen (secondary N) is 1. The Morgan fingerprint density at radius 1 is 1.26 bits per heavy atom. The van der Waals surface area contributed by atoms with Crippen LogP contribution in [0.2, 0.25) is 0 Å². The van der Waals surface area contributed by atoms with E-state index in [1.54, 1.807) is 0 Å². The van der Waals surface area contributed by atoms with Crippen molar-refractivity contribution in [1.82, 2.24) is 19.9 Å². The summed E-state index contributed by atoms with van der Waals surface area (Å²) in [7, 11) is 0. The molecular weight excluding hydrogens is 236 g/mol. The van der Waals surface area contributed by atoms with Crippen molar-refractivity contribution < 1.29 is 0 Å². The summed E-state index contributed by atoms with van der Waals surface area (Å²) in [6, 6.07) is 4.53. The highest BCUT2D eigenvalue weighted by molar-refractivity contribution is 5.28. The molecule has 0 fully saturated rings. The lowest BCUT2D eigenvalue weighted by Crippen LogP contribution is -2.18. The molecule has 2 rings (SSSR count). The predicted octanol–water partition coefficient (Wildman–Crippen LogP) is 2.89. The Balaban J connectivity index is 2.20. The van der Waals surface area contributed by atoms with E-state index < -0.39 is 0 Å². The number of rotatable bonds is 6. The van der Waals surface area contributed by atoms with E-state index in [1.807, 2.05) is 18.6 Å². The van der Waals surface area contributed by atoms with Gasteiger partial charge < -0.3 is 5.32 Å². The molecule has 0 saturated heterocycles. The molecule has 0 aliphatic carbocycles. The largest absolute Gasteiger partial charge is 0.310 e. The maximum Gasteiger partial charge on any atom is 0.137 e. The van der Waals surface area contributed by atoms with Crippen LogP contribution < -0.4 is 5.32 Å². The average molecular weight is 258 g/mol. The summed E-state index contributed by atoms with van der Waals surface area (Å²) in [6.07, 6.45) is 7.82. The molecule has 4 nitrogen and oxygen atoms in total. The number of pyridine rings is 1. The van der Waals surface area contributed by atoms with Gasteiger partial charge in [-0.05, 0) is 31.5 Å². The topological polar surface area (TPSA) is 42.7 Å². The second-order valence-electron chi connectivity index (χ2n) is 4.69. The molecule has 2 aromatic heterocycles. The molecule has 2 heterocycles. The van der Waals surface area contributed by atoms with Crippen LogP contribution in [-0.4, -0.2) is 21.1 Å². The van der Waals surface area contributed by atoms with Crippen LogP contribution in [0, 0.1) is 0 Å². The molecule has 19 heavy (non-hydrogen) atoms. The van der Waals surface area contributed by atoms with E-state index >= 15 is 0 Å². The van der Waals surface area contributed by atoms with Crippen molar-refractivity contribution in [3.63, 3.8) is 0 Å². The molecule has 1 atom stereocenters. The van der Waals surface area contributed by atoms with Crippen LogP contribution in [0.1, 0.15) is 44.6 Å². The third kappa shape index (κ3) is 3.20. The molecule has 0 aliphatic rings. The predicted molar refractivity (Wildman–Crippen MR) is 77.4 cm³/mol. The van der Waals surface area contributed by atoms with Crippen LogP contribution in [0.4, 0.5) is 0 Å². The molecule has 0 bridgehead atoms. The average Bonchev–Trinajstić information content (AvgIpc) is 2.88. The summed E-state index contributed by atoms with van der Waals surface area (Å²) in [5.41, 5.74) is 1.21. The summed E-state index contributed by atoms with van der Waals surface area (Å²) >= 11 is 0. The molecule has 4 heteroatoms. The van der Waals surface area contributed by atoms with Gasteiger partial charge in [-0.1, -0.05) is 19.9 Å². The second kappa shape index (κ2) is 6.48. The van der Waals surface area contributed by atoms with Crippen LogP contribution in [0.25, 0.3) is 5.82 Å². The van der Waals surface area contributed by atoms with E-state index in [2.05, 4.69) is 52.8 Å². The first-order chi connectivity index (χ1) is 9.26. The molecule has 0 aliphatic heterocycles. The van der Waals surface area contributed by atoms with E-state index in [0.717, 1.165) is 31.0 Å². The Bertz CT molecular complexity index is 501. The van der Waals surface area contributed by atoms with E-state index in [0.29, 0.717) is 6.04 Å². The second-order valence-corrected chi connectivity index (χ2v) is 4.69. The summed E-state index contributed by atoms with van der Waals surface area (Å²) in [5, 5.41) is 3.39. The summed E-state index contributed by atoms with van der Waals surface area (Å²) in [5.74, 6) is 2.01. The van der Waals surface area contributed by atoms with Crippen molar-refractivity contribution in [1.29, 1.82) is 0 Å². The van der Waals surface area contributed by atoms with Gasteiger partial charge in [-0.25, -0.2) is 9.97 Å². The lowest BCUT2D eigenvalue weighted by Gasteiger charge is -2.13. The smallest absolute Gasteiger partial charge is 0.137 e. The standard InChI is InChI=1S/C15H22N4/c1-4-6-14-17-9-10-19(14)15-8-7-13(11-18-15)12(3)16-5-2/h7-12,16H,4-6H2,1-3H3. The van der Waals surface area contributed by atoms with Crippen molar-refractivity contribution in [3.8, 4) is 5.82 Å². The third-order valence-corrected chi connectivity index (χ3v) is 3.22. The molecule has 102 valence electrons. The van der Waals surface area contributed by atoms with Gasteiger partial charge in [0.25, 0.3) is 0 Å². The van der Waals surface area contributed by atoms with Crippen LogP contribution in [-0.2, 0) is 6.42 Å². The van der Waals surface area contributed by atoms with Crippen LogP contribution in [0.5, 0.6) is 0 Å². The lowest BCUT2D eigenvalue weighted by atomic mass is 10.1. The minimum absolute atomic E-state index is 0.337. The summed E-state index contributed by atoms with van der Waals surface area (Å²) in [6.45, 7) is 7.39. The number of hydrogen-bond acceptors (Lipinski definition) is 3. The Morgan fingerprint density at radius 2 is 2.11 bits per heavy atom. The number of aromatic nitrogens is 3. The van der Waals surface area contributed by atoms with Crippen LogP contribution in [0.15, 0.2) is 30.7 Å². The Morgan fingerprint density at radius 3 is 2.74 bits per heavy atom. The lowest BCUT2D eigenvalue weighted by molar-refractivity contribution is 0.596. The first-order valence-corrected chi connectivity index (χ1v) is 6.98. The summed E-state index contributed by atoms with van der Waals surface area (Å²) < 4.78 is 2.06. The van der Waals surface area contributed by atoms with Crippen LogP contribution >= 0.6 is 0 Å². The van der Waals surface area contributed by atoms with Crippen molar-refractivity contribution in [2.45, 2.75) is 39.7 Å². The van der Waals surface area contributed by atoms with Gasteiger partial charge in [0.2, 0.25) is 0 Å². The van der Waals surface area contributed by atoms with Crippen molar-refractivity contribution in [2.24, 2.45) is 0 Å². The third-order valence-electron chi connectivity index (χ3n) is 3.22. The fourth-order valence-electron chi connectivity index (χ4n) is 2.17. The summed E-state index contributed by atoms with van der Waals surface area (Å²) in [4.78, 5) is 8.93. The molecule has 1 N–H and O–H groups in total. The van der Waals surface area contributed by atoms with E-state index in [4.69, 9.17) is 0 Å². The zero-order valence-electron chi connectivity index (χ0n) is 11.9. The number of hydrogen-bond donors (Lipinski definition) is 1. The molecule has 0 saturated carbocycles. The molecular formula is C15H22N4. The minimum atomic E-state index is 0.337. The van der Waals surface area contributed by atoms with Crippen molar-refractivity contribution in [3.05, 3.63) is 42.1 Å². The van der Waals surface area contributed by atoms with E-state index in [1.165, 1.54) is 5.56 Å². The molecule has 0 amide bonds. The van der Waals surface area contributed by atoms with Crippen molar-refractivity contribution >= 4 is 0 Å². The number of nitrogens with zero attached hydrogens (tertiary/aromatic N) is 3. The monoisotopic (exact) mass is 258 g/mol. The first-order valence-electron chi connectivity index (χ1n) is 6.98. The highest BCUT2D eigenvalue weighted by atomic mass is 15.1. The van der Waals surface area contributed by atoms with Gasteiger partial charge >= 0.3 is 0 Å². The molecule has 1 unspecified atom stereocenters. The first kappa shape index (κ1) is 13.7. The van der Waals surface area contributed by atoms with E-state index in [9.17, 15) is 0 Å². The van der Waals surface area contributed by atoms with Gasteiger partial charge in [-0.15, -0.1) is 0 Å². The van der Waals surface area contributed by atoms with Gasteiger partial charge in [-0.3, -0.25) is 4.57 Å². The zero-order chi connectivity index (χ0) is 13.7. The van der Waals surface area contributed by atoms with Gasteiger partial charge in [-0.2, -0.15) is 0 Å². The fourth-order valence-corrected chi connectivity index (χ4v) is 2.17. The molecule has 0 radical (unpaired) electrons. The van der Waals surface area contributed by atoms with Gasteiger partial charge in [0.15, 0.2) is 0 Å². The Hall–Kier alpha value is -1.68. The quantitative estimate of drug-likeness (QED) is 0.866. The normalized spacial score (nSPS) is 12.6. The van der Waals surface area contributed by atoms with Crippen molar-refractivity contribution in [2.75, 3.05) is 6.54 Å². The molecule has 0 spiro atoms. The Labute approximate surface area is 114 Å². The Kier molecular flexibility index (Phi) is 4.68. The number of imidazole rings is 1. The van der Waals surface area contributed by atoms with Gasteiger partial charge in [0.1, 0.15) is 11.6 Å². The molecule has 2 aromatic rings. The minimum Gasteiger partial charge on any atom is -0.310 e. The fraction of sp³-hybridized carbons (Fsp3) is 0.467. The van der Waals surface area contributed by atoms with Crippen LogP contribution in [0.3, 0.4) is 0 Å². The maximum atomic E-state index is 4.55.